The lowest BCUT2D eigenvalue weighted by molar-refractivity contribution is -0.270. The van der Waals surface area contributed by atoms with Crippen molar-refractivity contribution >= 4 is 11.9 Å². The van der Waals surface area contributed by atoms with Crippen LogP contribution in [0.4, 0.5) is 22.4 Å². The van der Waals surface area contributed by atoms with Crippen LogP contribution >= 0.6 is 0 Å². The summed E-state index contributed by atoms with van der Waals surface area (Å²) < 4.78 is 74.2. The predicted molar refractivity (Wildman–Crippen MR) is 135 cm³/mol. The highest BCUT2D eigenvalue weighted by atomic mass is 19.4. The fourth-order valence-corrected chi connectivity index (χ4v) is 6.05. The molecule has 1 unspecified atom stereocenters. The highest BCUT2D eigenvalue weighted by molar-refractivity contribution is 5.88. The van der Waals surface area contributed by atoms with E-state index in [9.17, 15) is 27.2 Å². The third kappa shape index (κ3) is 4.98. The molecule has 0 aliphatic carbocycles. The molecule has 2 N–H and O–H groups in total. The molecule has 3 aliphatic heterocycles. The molecule has 0 saturated carbocycles. The zero-order valence-corrected chi connectivity index (χ0v) is 21.9. The van der Waals surface area contributed by atoms with Crippen molar-refractivity contribution in [2.45, 2.75) is 48.6 Å². The minimum atomic E-state index is -5.02. The number of benzene rings is 2. The van der Waals surface area contributed by atoms with Gasteiger partial charge in [0, 0.05) is 56.3 Å². The minimum Gasteiger partial charge on any atom is -0.488 e. The number of rotatable bonds is 6. The maximum atomic E-state index is 14.5. The molecule has 3 saturated heterocycles. The van der Waals surface area contributed by atoms with Crippen molar-refractivity contribution in [3.05, 3.63) is 65.5 Å². The zero-order chi connectivity index (χ0) is 28.5. The Bertz CT molecular complexity index is 1230. The van der Waals surface area contributed by atoms with E-state index >= 15 is 0 Å². The summed E-state index contributed by atoms with van der Waals surface area (Å²) >= 11 is 0. The summed E-state index contributed by atoms with van der Waals surface area (Å²) in [5.41, 5.74) is -3.72. The van der Waals surface area contributed by atoms with E-state index in [1.54, 1.807) is 12.1 Å². The van der Waals surface area contributed by atoms with Gasteiger partial charge in [0.15, 0.2) is 0 Å². The highest BCUT2D eigenvalue weighted by Crippen LogP contribution is 2.46. The Labute approximate surface area is 228 Å². The second kappa shape index (κ2) is 10.9. The number of likely N-dealkylation sites (tertiary alicyclic amines) is 1. The number of alkyl halides is 3. The second-order valence-electron chi connectivity index (χ2n) is 10.4. The van der Waals surface area contributed by atoms with Gasteiger partial charge in [0.25, 0.3) is 11.5 Å². The number of ether oxygens (including phenoxy) is 3. The van der Waals surface area contributed by atoms with Crippen LogP contribution in [0.3, 0.4) is 0 Å². The van der Waals surface area contributed by atoms with Crippen LogP contribution in [-0.2, 0) is 19.9 Å². The first-order valence-electron chi connectivity index (χ1n) is 13.2. The number of nitrogens with one attached hydrogen (secondary N) is 2. The zero-order valence-electron chi connectivity index (χ0n) is 21.9. The number of carbonyl (C=O) groups is 2. The van der Waals surface area contributed by atoms with Gasteiger partial charge in [0.2, 0.25) is 0 Å². The molecule has 12 heteroatoms. The summed E-state index contributed by atoms with van der Waals surface area (Å²) in [5.74, 6) is -1.77. The summed E-state index contributed by atoms with van der Waals surface area (Å²) in [5, 5.41) is 5.75. The van der Waals surface area contributed by atoms with Gasteiger partial charge in [-0.05, 0) is 18.9 Å². The summed E-state index contributed by atoms with van der Waals surface area (Å²) in [4.78, 5) is 27.2. The predicted octanol–water partition coefficient (Wildman–Crippen LogP) is 3.86. The van der Waals surface area contributed by atoms with E-state index in [-0.39, 0.29) is 44.1 Å². The van der Waals surface area contributed by atoms with Crippen molar-refractivity contribution in [1.82, 2.24) is 15.5 Å². The van der Waals surface area contributed by atoms with Gasteiger partial charge in [-0.1, -0.05) is 36.4 Å². The number of urea groups is 1. The number of hydrogen-bond donors (Lipinski definition) is 2. The molecule has 3 heterocycles. The molecular formula is C28H31F4N3O5. The van der Waals surface area contributed by atoms with Crippen molar-refractivity contribution in [3.8, 4) is 5.75 Å². The average Bonchev–Trinajstić information content (AvgIpc) is 3.43. The summed E-state index contributed by atoms with van der Waals surface area (Å²) in [6.45, 7) is 1.00. The Hall–Kier alpha value is -3.38. The van der Waals surface area contributed by atoms with Crippen molar-refractivity contribution in [3.63, 3.8) is 0 Å². The molecule has 0 radical (unpaired) electrons. The summed E-state index contributed by atoms with van der Waals surface area (Å²) in [6.07, 6.45) is -4.27. The smallest absolute Gasteiger partial charge is 0.430 e. The molecule has 1 spiro atoms. The fourth-order valence-electron chi connectivity index (χ4n) is 6.05. The molecule has 0 aromatic heterocycles. The molecule has 3 atom stereocenters. The first-order chi connectivity index (χ1) is 19.1. The molecule has 40 heavy (non-hydrogen) atoms. The van der Waals surface area contributed by atoms with Crippen molar-refractivity contribution in [1.29, 1.82) is 0 Å². The lowest BCUT2D eigenvalue weighted by Crippen LogP contribution is -2.67. The van der Waals surface area contributed by atoms with Crippen LogP contribution < -0.4 is 15.4 Å². The number of halogens is 4. The summed E-state index contributed by atoms with van der Waals surface area (Å²) in [7, 11) is 0.873. The largest absolute Gasteiger partial charge is 0.488 e. The van der Waals surface area contributed by atoms with Crippen LogP contribution in [0.25, 0.3) is 0 Å². The molecule has 3 fully saturated rings. The molecule has 0 bridgehead atoms. The Kier molecular flexibility index (Phi) is 7.66. The van der Waals surface area contributed by atoms with Crippen molar-refractivity contribution < 1.29 is 41.4 Å². The lowest BCUT2D eigenvalue weighted by Gasteiger charge is -2.50. The number of piperidine rings is 1. The van der Waals surface area contributed by atoms with Gasteiger partial charge in [-0.15, -0.1) is 0 Å². The van der Waals surface area contributed by atoms with Gasteiger partial charge in [-0.2, -0.15) is 13.2 Å². The number of carbonyl (C=O) groups excluding carboxylic acids is 2. The molecule has 3 amide bonds. The van der Waals surface area contributed by atoms with Crippen LogP contribution in [0.2, 0.25) is 0 Å². The van der Waals surface area contributed by atoms with Crippen LogP contribution in [0.1, 0.15) is 36.3 Å². The third-order valence-corrected chi connectivity index (χ3v) is 8.16. The molecule has 5 rings (SSSR count). The molecule has 8 nitrogen and oxygen atoms in total. The summed E-state index contributed by atoms with van der Waals surface area (Å²) in [6, 6.07) is 10.6. The molecular weight excluding hydrogens is 534 g/mol. The number of nitrogens with zero attached hydrogens (tertiary/aromatic N) is 1. The Balaban J connectivity index is 1.43. The van der Waals surface area contributed by atoms with Crippen LogP contribution in [0.15, 0.2) is 48.5 Å². The third-order valence-electron chi connectivity index (χ3n) is 8.16. The SMILES string of the molecule is CO[C@@](C(=O)N1CCC2(CC1)NC(=O)NCC2c1ccc(F)cc1O[C@H]1CCOC1)(c1ccccc1)C(F)(F)F. The standard InChI is InChI=1S/C28H31F4N3O5/c1-38-27(28(30,31)32,18-5-3-2-4-6-18)24(36)35-12-10-26(11-13-35)22(16-33-25(37)34-26)21-8-7-19(29)15-23(21)40-20-9-14-39-17-20/h2-8,15,20,22H,9-14,16-17H2,1H3,(H2,33,34,37)/t20-,22?,27+/m0/s1. The highest BCUT2D eigenvalue weighted by Gasteiger charge is 2.64. The van der Waals surface area contributed by atoms with Gasteiger partial charge >= 0.3 is 12.2 Å². The average molecular weight is 566 g/mol. The first-order valence-corrected chi connectivity index (χ1v) is 13.2. The molecule has 2 aromatic rings. The van der Waals surface area contributed by atoms with E-state index in [0.717, 1.165) is 12.0 Å². The molecule has 2 aromatic carbocycles. The van der Waals surface area contributed by atoms with E-state index in [0.29, 0.717) is 30.9 Å². The van der Waals surface area contributed by atoms with E-state index in [1.807, 2.05) is 0 Å². The lowest BCUT2D eigenvalue weighted by atomic mass is 9.71. The van der Waals surface area contributed by atoms with Gasteiger partial charge < -0.3 is 29.7 Å². The van der Waals surface area contributed by atoms with Gasteiger partial charge in [-0.25, -0.2) is 9.18 Å². The van der Waals surface area contributed by atoms with E-state index in [1.165, 1.54) is 36.4 Å². The number of amides is 3. The minimum absolute atomic E-state index is 0.0580. The maximum Gasteiger partial charge on any atom is 0.430 e. The molecule has 216 valence electrons. The van der Waals surface area contributed by atoms with Crippen molar-refractivity contribution in [2.24, 2.45) is 0 Å². The number of methoxy groups -OCH3 is 1. The Morgan fingerprint density at radius 2 is 1.85 bits per heavy atom. The van der Waals surface area contributed by atoms with Gasteiger partial charge in [0.05, 0.1) is 18.8 Å². The maximum absolute atomic E-state index is 14.5. The monoisotopic (exact) mass is 565 g/mol. The van der Waals surface area contributed by atoms with Crippen LogP contribution in [-0.4, -0.2) is 74.6 Å². The molecule has 3 aliphatic rings. The normalized spacial score (nSPS) is 24.2. The van der Waals surface area contributed by atoms with Gasteiger partial charge in [0.1, 0.15) is 17.7 Å². The topological polar surface area (TPSA) is 89.1 Å². The fraction of sp³-hybridized carbons (Fsp3) is 0.500. The quantitative estimate of drug-likeness (QED) is 0.520. The Morgan fingerprint density at radius 1 is 1.12 bits per heavy atom. The number of hydrogen-bond acceptors (Lipinski definition) is 5. The van der Waals surface area contributed by atoms with Crippen LogP contribution in [0, 0.1) is 5.82 Å². The van der Waals surface area contributed by atoms with E-state index in [2.05, 4.69) is 10.6 Å². The van der Waals surface area contributed by atoms with Gasteiger partial charge in [-0.3, -0.25) is 4.79 Å². The second-order valence-corrected chi connectivity index (χ2v) is 10.4. The van der Waals surface area contributed by atoms with E-state index in [4.69, 9.17) is 14.2 Å². The van der Waals surface area contributed by atoms with Crippen LogP contribution in [0.5, 0.6) is 5.75 Å². The Morgan fingerprint density at radius 3 is 2.48 bits per heavy atom. The first kappa shape index (κ1) is 28.2. The van der Waals surface area contributed by atoms with E-state index < -0.39 is 41.0 Å². The van der Waals surface area contributed by atoms with Crippen molar-refractivity contribution in [2.75, 3.05) is 40.0 Å².